The number of amides is 1. The van der Waals surface area contributed by atoms with E-state index in [2.05, 4.69) is 28.8 Å². The molecule has 1 saturated heterocycles. The summed E-state index contributed by atoms with van der Waals surface area (Å²) >= 11 is 6.00. The van der Waals surface area contributed by atoms with Crippen LogP contribution in [0.2, 0.25) is 5.02 Å². The number of ether oxygens (including phenoxy) is 1. The molecule has 1 aromatic carbocycles. The Morgan fingerprint density at radius 1 is 1.24 bits per heavy atom. The Kier molecular flexibility index (Phi) is 7.15. The van der Waals surface area contributed by atoms with Gasteiger partial charge in [0.05, 0.1) is 17.8 Å². The van der Waals surface area contributed by atoms with Gasteiger partial charge in [0.1, 0.15) is 5.54 Å². The molecule has 2 atom stereocenters. The van der Waals surface area contributed by atoms with Gasteiger partial charge in [0.15, 0.2) is 5.75 Å². The molecular weight excluding hydrogens is 518 g/mol. The zero-order valence-corrected chi connectivity index (χ0v) is 22.3. The predicted octanol–water partition coefficient (Wildman–Crippen LogP) is 4.90. The van der Waals surface area contributed by atoms with Gasteiger partial charge >= 0.3 is 12.6 Å². The maximum Gasteiger partial charge on any atom is 0.387 e. The first-order valence-corrected chi connectivity index (χ1v) is 13.5. The summed E-state index contributed by atoms with van der Waals surface area (Å²) in [6.45, 7) is 3.08. The Morgan fingerprint density at radius 2 is 1.97 bits per heavy atom. The van der Waals surface area contributed by atoms with E-state index in [1.807, 2.05) is 10.9 Å². The number of likely N-dealkylation sites (tertiary alicyclic amines) is 1. The van der Waals surface area contributed by atoms with Gasteiger partial charge in [0, 0.05) is 41.8 Å². The zero-order chi connectivity index (χ0) is 27.2. The van der Waals surface area contributed by atoms with Gasteiger partial charge in [-0.1, -0.05) is 25.4 Å². The number of rotatable bonds is 8. The van der Waals surface area contributed by atoms with Crippen molar-refractivity contribution >= 4 is 29.2 Å². The highest BCUT2D eigenvalue weighted by Gasteiger charge is 2.49. The minimum atomic E-state index is -3.07. The first kappa shape index (κ1) is 26.9. The van der Waals surface area contributed by atoms with E-state index < -0.39 is 18.1 Å². The van der Waals surface area contributed by atoms with E-state index in [0.29, 0.717) is 38.9 Å². The number of aromatic nitrogens is 2. The van der Waals surface area contributed by atoms with Crippen molar-refractivity contribution in [3.63, 3.8) is 0 Å². The van der Waals surface area contributed by atoms with Crippen LogP contribution in [-0.4, -0.2) is 57.9 Å². The third kappa shape index (κ3) is 4.88. The monoisotopic (exact) mass is 550 g/mol. The predicted molar refractivity (Wildman–Crippen MR) is 138 cm³/mol. The molecule has 0 radical (unpaired) electrons. The smallest absolute Gasteiger partial charge is 0.387 e. The lowest BCUT2D eigenvalue weighted by Gasteiger charge is -2.45. The number of alkyl halides is 2. The standard InChI is InChI=1S/C27H33ClF2N4O4/c1-26(2)8-7-16-14-31-34(22(16)26)27(9-11-33(12-10-27)15-17-3-5-19(17)23(35)36)24(37)32-20-6-4-18(28)13-21(20)38-25(29)30/h4,6,13-14,17,19,25H,3,5,7-12,15H2,1-2H3,(H,32,37)(H,35,36)/t17-,19+/m0/s1. The Balaban J connectivity index is 1.44. The van der Waals surface area contributed by atoms with Gasteiger partial charge in [-0.2, -0.15) is 13.9 Å². The van der Waals surface area contributed by atoms with Crippen molar-refractivity contribution in [2.24, 2.45) is 11.8 Å². The van der Waals surface area contributed by atoms with Crippen LogP contribution >= 0.6 is 11.6 Å². The number of nitrogens with one attached hydrogen (secondary N) is 1. The van der Waals surface area contributed by atoms with Crippen molar-refractivity contribution < 1.29 is 28.2 Å². The highest BCUT2D eigenvalue weighted by molar-refractivity contribution is 6.30. The van der Waals surface area contributed by atoms with Gasteiger partial charge in [-0.3, -0.25) is 14.3 Å². The number of aryl methyl sites for hydroxylation is 1. The number of carbonyl (C=O) groups is 2. The summed E-state index contributed by atoms with van der Waals surface area (Å²) in [6.07, 6.45) is 6.17. The molecule has 11 heteroatoms. The van der Waals surface area contributed by atoms with Gasteiger partial charge < -0.3 is 20.1 Å². The highest BCUT2D eigenvalue weighted by Crippen LogP contribution is 2.44. The number of piperidine rings is 1. The number of hydrogen-bond donors (Lipinski definition) is 2. The van der Waals surface area contributed by atoms with Crippen LogP contribution in [0.1, 0.15) is 57.2 Å². The van der Waals surface area contributed by atoms with E-state index in [0.717, 1.165) is 30.5 Å². The maximum atomic E-state index is 14.1. The number of benzene rings is 1. The van der Waals surface area contributed by atoms with Crippen LogP contribution in [0.25, 0.3) is 0 Å². The van der Waals surface area contributed by atoms with Gasteiger partial charge in [-0.15, -0.1) is 0 Å². The van der Waals surface area contributed by atoms with Crippen molar-refractivity contribution in [3.8, 4) is 5.75 Å². The molecule has 0 bridgehead atoms. The molecule has 2 fully saturated rings. The summed E-state index contributed by atoms with van der Waals surface area (Å²) in [5.74, 6) is -1.49. The van der Waals surface area contributed by atoms with E-state index in [1.165, 1.54) is 18.2 Å². The fraction of sp³-hybridized carbons (Fsp3) is 0.593. The Labute approximate surface area is 225 Å². The second kappa shape index (κ2) is 10.1. The molecule has 2 aliphatic carbocycles. The number of hydrogen-bond acceptors (Lipinski definition) is 5. The Bertz CT molecular complexity index is 1230. The van der Waals surface area contributed by atoms with Crippen LogP contribution in [0, 0.1) is 11.8 Å². The van der Waals surface area contributed by atoms with Crippen molar-refractivity contribution in [2.75, 3.05) is 25.0 Å². The lowest BCUT2D eigenvalue weighted by atomic mass is 9.73. The highest BCUT2D eigenvalue weighted by atomic mass is 35.5. The summed E-state index contributed by atoms with van der Waals surface area (Å²) < 4.78 is 32.7. The van der Waals surface area contributed by atoms with E-state index in [4.69, 9.17) is 16.7 Å². The zero-order valence-electron chi connectivity index (χ0n) is 21.6. The maximum absolute atomic E-state index is 14.1. The fourth-order valence-electron chi connectivity index (χ4n) is 6.29. The van der Waals surface area contributed by atoms with Crippen molar-refractivity contribution in [1.29, 1.82) is 0 Å². The molecule has 38 heavy (non-hydrogen) atoms. The minimum absolute atomic E-state index is 0.114. The molecule has 2 aromatic rings. The summed E-state index contributed by atoms with van der Waals surface area (Å²) in [5.41, 5.74) is 1.06. The number of carboxylic acid groups (broad SMARTS) is 1. The van der Waals surface area contributed by atoms with Crippen LogP contribution < -0.4 is 10.1 Å². The van der Waals surface area contributed by atoms with E-state index in [9.17, 15) is 23.5 Å². The third-order valence-electron chi connectivity index (χ3n) is 8.65. The topological polar surface area (TPSA) is 96.7 Å². The summed E-state index contributed by atoms with van der Waals surface area (Å²) in [4.78, 5) is 27.8. The SMILES string of the molecule is CC1(C)CCc2cnn(C3(C(=O)Nc4ccc(Cl)cc4OC(F)F)CCN(C[C@@H]4CC[C@H]4C(=O)O)CC3)c21. The van der Waals surface area contributed by atoms with Gasteiger partial charge in [0.2, 0.25) is 0 Å². The van der Waals surface area contributed by atoms with Crippen LogP contribution in [-0.2, 0) is 27.0 Å². The number of carbonyl (C=O) groups excluding carboxylic acids is 1. The van der Waals surface area contributed by atoms with E-state index in [1.54, 1.807) is 0 Å². The summed E-state index contributed by atoms with van der Waals surface area (Å²) in [6, 6.07) is 4.22. The molecule has 5 rings (SSSR count). The molecule has 8 nitrogen and oxygen atoms in total. The number of carboxylic acids is 1. The largest absolute Gasteiger partial charge is 0.481 e. The first-order valence-electron chi connectivity index (χ1n) is 13.1. The van der Waals surface area contributed by atoms with Crippen LogP contribution in [0.3, 0.4) is 0 Å². The number of halogens is 3. The second-order valence-corrected chi connectivity index (χ2v) is 11.8. The molecule has 0 spiro atoms. The first-order chi connectivity index (χ1) is 18.0. The van der Waals surface area contributed by atoms with Crippen LogP contribution in [0.4, 0.5) is 14.5 Å². The molecule has 0 unspecified atom stereocenters. The molecule has 2 N–H and O–H groups in total. The van der Waals surface area contributed by atoms with Gasteiger partial charge in [0.25, 0.3) is 5.91 Å². The van der Waals surface area contributed by atoms with E-state index in [-0.39, 0.29) is 39.6 Å². The molecule has 1 aliphatic heterocycles. The molecule has 206 valence electrons. The lowest BCUT2D eigenvalue weighted by molar-refractivity contribution is -0.148. The molecule has 2 heterocycles. The molecule has 3 aliphatic rings. The molecular formula is C27H33ClF2N4O4. The van der Waals surface area contributed by atoms with Crippen molar-refractivity contribution in [3.05, 3.63) is 40.7 Å². The lowest BCUT2D eigenvalue weighted by Crippen LogP contribution is -2.56. The number of nitrogens with zero attached hydrogens (tertiary/aromatic N) is 3. The molecule has 1 saturated carbocycles. The minimum Gasteiger partial charge on any atom is -0.481 e. The second-order valence-electron chi connectivity index (χ2n) is 11.4. The third-order valence-corrected chi connectivity index (χ3v) is 8.89. The number of anilines is 1. The quantitative estimate of drug-likeness (QED) is 0.485. The van der Waals surface area contributed by atoms with Crippen molar-refractivity contribution in [1.82, 2.24) is 14.7 Å². The average Bonchev–Trinajstić information content (AvgIpc) is 3.39. The Morgan fingerprint density at radius 3 is 2.61 bits per heavy atom. The number of fused-ring (bicyclic) bond motifs is 1. The van der Waals surface area contributed by atoms with Crippen molar-refractivity contribution in [2.45, 2.75) is 69.9 Å². The molecule has 1 aromatic heterocycles. The van der Waals surface area contributed by atoms with Gasteiger partial charge in [-0.05, 0) is 62.1 Å². The number of aliphatic carboxylic acids is 1. The summed E-state index contributed by atoms with van der Waals surface area (Å²) in [7, 11) is 0. The molecule has 1 amide bonds. The van der Waals surface area contributed by atoms with E-state index >= 15 is 0 Å². The van der Waals surface area contributed by atoms with Crippen LogP contribution in [0.5, 0.6) is 5.75 Å². The fourth-order valence-corrected chi connectivity index (χ4v) is 6.46. The van der Waals surface area contributed by atoms with Gasteiger partial charge in [-0.25, -0.2) is 0 Å². The average molecular weight is 551 g/mol. The van der Waals surface area contributed by atoms with Crippen LogP contribution in [0.15, 0.2) is 24.4 Å². The normalized spacial score (nSPS) is 24.1. The Hall–Kier alpha value is -2.72. The summed E-state index contributed by atoms with van der Waals surface area (Å²) in [5, 5.41) is 17.2.